The molecule has 0 aromatic carbocycles. The van der Waals surface area contributed by atoms with Gasteiger partial charge in [0.1, 0.15) is 5.00 Å². The van der Waals surface area contributed by atoms with Crippen LogP contribution in [-0.4, -0.2) is 15.2 Å². The van der Waals surface area contributed by atoms with Gasteiger partial charge >= 0.3 is 0 Å². The maximum atomic E-state index is 6.29. The van der Waals surface area contributed by atoms with Crippen LogP contribution in [0.5, 0.6) is 0 Å². The minimum Gasteiger partial charge on any atom is -0.324 e. The molecule has 0 fully saturated rings. The lowest BCUT2D eigenvalue weighted by atomic mass is 10.2. The van der Waals surface area contributed by atoms with Gasteiger partial charge in [-0.05, 0) is 20.3 Å². The molecular formula is C10H16ClN3. The minimum absolute atomic E-state index is 0.489. The Labute approximate surface area is 89.8 Å². The van der Waals surface area contributed by atoms with Gasteiger partial charge < -0.3 is 4.90 Å². The topological polar surface area (TPSA) is 31.9 Å². The highest BCUT2D eigenvalue weighted by Gasteiger charge is 2.26. The Morgan fingerprint density at radius 1 is 1.71 bits per heavy atom. The minimum atomic E-state index is -0.489. The van der Waals surface area contributed by atoms with E-state index in [4.69, 9.17) is 11.6 Å². The summed E-state index contributed by atoms with van der Waals surface area (Å²) in [7, 11) is 0. The Morgan fingerprint density at radius 3 is 2.71 bits per heavy atom. The zero-order valence-electron chi connectivity index (χ0n) is 8.84. The van der Waals surface area contributed by atoms with Crippen LogP contribution in [0.1, 0.15) is 27.2 Å². The van der Waals surface area contributed by atoms with Crippen molar-refractivity contribution in [2.24, 2.45) is 0 Å². The van der Waals surface area contributed by atoms with Crippen LogP contribution in [0.15, 0.2) is 24.7 Å². The number of hydrogen-bond acceptors (Lipinski definition) is 2. The van der Waals surface area contributed by atoms with Crippen molar-refractivity contribution in [3.05, 3.63) is 24.7 Å². The van der Waals surface area contributed by atoms with Crippen LogP contribution >= 0.6 is 11.6 Å². The van der Waals surface area contributed by atoms with Gasteiger partial charge in [0, 0.05) is 11.9 Å². The highest BCUT2D eigenvalue weighted by Crippen LogP contribution is 2.30. The van der Waals surface area contributed by atoms with Crippen LogP contribution in [0.2, 0.25) is 0 Å². The summed E-state index contributed by atoms with van der Waals surface area (Å²) in [6, 6.07) is 0. The second-order valence-electron chi connectivity index (χ2n) is 3.62. The molecular weight excluding hydrogens is 198 g/mol. The number of halogens is 1. The van der Waals surface area contributed by atoms with Crippen molar-refractivity contribution in [3.8, 4) is 0 Å². The largest absolute Gasteiger partial charge is 0.324 e. The van der Waals surface area contributed by atoms with Crippen LogP contribution in [0.3, 0.4) is 0 Å². The number of aromatic amines is 1. The maximum Gasteiger partial charge on any atom is 0.113 e. The summed E-state index contributed by atoms with van der Waals surface area (Å²) < 4.78 is 0. The molecule has 1 aromatic heterocycles. The Morgan fingerprint density at radius 2 is 2.36 bits per heavy atom. The van der Waals surface area contributed by atoms with Crippen molar-refractivity contribution in [2.45, 2.75) is 32.2 Å². The maximum absolute atomic E-state index is 6.29. The second-order valence-corrected chi connectivity index (χ2v) is 4.55. The molecule has 14 heavy (non-hydrogen) atoms. The number of alkyl halides is 1. The molecule has 0 spiro atoms. The molecule has 1 N–H and O–H groups in total. The summed E-state index contributed by atoms with van der Waals surface area (Å²) in [6.07, 6.45) is 4.41. The number of allylic oxidation sites excluding steroid dienone is 1. The van der Waals surface area contributed by atoms with Gasteiger partial charge in [0.25, 0.3) is 0 Å². The Balaban J connectivity index is 3.01. The quantitative estimate of drug-likeness (QED) is 0.616. The SMILES string of the molecule is C=C(CC)N(c1cn[nH]c1)C(C)(C)Cl. The summed E-state index contributed by atoms with van der Waals surface area (Å²) in [5, 5.41) is 6.68. The number of hydrogen-bond donors (Lipinski definition) is 1. The van der Waals surface area contributed by atoms with Crippen molar-refractivity contribution >= 4 is 17.3 Å². The summed E-state index contributed by atoms with van der Waals surface area (Å²) in [6.45, 7) is 9.92. The molecule has 0 aliphatic rings. The van der Waals surface area contributed by atoms with Crippen LogP contribution in [0, 0.1) is 0 Å². The number of anilines is 1. The van der Waals surface area contributed by atoms with E-state index in [1.54, 1.807) is 6.20 Å². The van der Waals surface area contributed by atoms with Gasteiger partial charge in [-0.2, -0.15) is 5.10 Å². The third-order valence-electron chi connectivity index (χ3n) is 2.00. The van der Waals surface area contributed by atoms with Gasteiger partial charge in [0.15, 0.2) is 0 Å². The Bertz CT molecular complexity index is 298. The first-order chi connectivity index (χ1) is 6.46. The van der Waals surface area contributed by atoms with E-state index in [1.807, 2.05) is 24.9 Å². The zero-order chi connectivity index (χ0) is 10.8. The van der Waals surface area contributed by atoms with Gasteiger partial charge in [-0.15, -0.1) is 0 Å². The molecule has 0 aliphatic carbocycles. The lowest BCUT2D eigenvalue weighted by Crippen LogP contribution is -2.37. The van der Waals surface area contributed by atoms with Crippen molar-refractivity contribution in [2.75, 3.05) is 4.90 Å². The normalized spacial score (nSPS) is 11.4. The molecule has 0 bridgehead atoms. The van der Waals surface area contributed by atoms with Gasteiger partial charge in [-0.3, -0.25) is 5.10 Å². The molecule has 0 aliphatic heterocycles. The molecule has 78 valence electrons. The fourth-order valence-corrected chi connectivity index (χ4v) is 1.61. The van der Waals surface area contributed by atoms with Crippen LogP contribution < -0.4 is 4.90 Å². The lowest BCUT2D eigenvalue weighted by molar-refractivity contribution is 0.667. The highest BCUT2D eigenvalue weighted by atomic mass is 35.5. The number of nitrogens with one attached hydrogen (secondary N) is 1. The molecule has 0 saturated carbocycles. The summed E-state index contributed by atoms with van der Waals surface area (Å²) in [4.78, 5) is 1.48. The highest BCUT2D eigenvalue weighted by molar-refractivity contribution is 6.25. The fraction of sp³-hybridized carbons (Fsp3) is 0.500. The molecule has 4 heteroatoms. The van der Waals surface area contributed by atoms with Gasteiger partial charge in [-0.1, -0.05) is 25.1 Å². The number of rotatable bonds is 4. The lowest BCUT2D eigenvalue weighted by Gasteiger charge is -2.35. The third-order valence-corrected chi connectivity index (χ3v) is 2.17. The van der Waals surface area contributed by atoms with Crippen molar-refractivity contribution in [1.82, 2.24) is 10.2 Å². The standard InChI is InChI=1S/C10H16ClN3/c1-5-8(2)14(10(3,4)11)9-6-12-13-7-9/h6-7H,2,5H2,1,3-4H3,(H,12,13). The van der Waals surface area contributed by atoms with Crippen LogP contribution in [-0.2, 0) is 0 Å². The molecule has 1 rings (SSSR count). The molecule has 3 nitrogen and oxygen atoms in total. The van der Waals surface area contributed by atoms with Crippen molar-refractivity contribution in [1.29, 1.82) is 0 Å². The van der Waals surface area contributed by atoms with Crippen molar-refractivity contribution in [3.63, 3.8) is 0 Å². The first-order valence-corrected chi connectivity index (χ1v) is 5.00. The van der Waals surface area contributed by atoms with Gasteiger partial charge in [-0.25, -0.2) is 0 Å². The van der Waals surface area contributed by atoms with Crippen molar-refractivity contribution < 1.29 is 0 Å². The van der Waals surface area contributed by atoms with E-state index in [9.17, 15) is 0 Å². The fourth-order valence-electron chi connectivity index (χ4n) is 1.39. The van der Waals surface area contributed by atoms with E-state index in [2.05, 4.69) is 23.7 Å². The van der Waals surface area contributed by atoms with E-state index in [0.29, 0.717) is 0 Å². The van der Waals surface area contributed by atoms with Gasteiger partial charge in [0.2, 0.25) is 0 Å². The number of H-pyrrole nitrogens is 1. The zero-order valence-corrected chi connectivity index (χ0v) is 9.60. The molecule has 0 amide bonds. The molecule has 0 saturated heterocycles. The Hall–Kier alpha value is -0.960. The Kier molecular flexibility index (Phi) is 3.21. The van der Waals surface area contributed by atoms with Crippen LogP contribution in [0.25, 0.3) is 0 Å². The average molecular weight is 214 g/mol. The summed E-state index contributed by atoms with van der Waals surface area (Å²) >= 11 is 6.29. The molecule has 0 radical (unpaired) electrons. The molecule has 1 aromatic rings. The monoisotopic (exact) mass is 213 g/mol. The first kappa shape index (κ1) is 11.1. The van der Waals surface area contributed by atoms with Crippen LogP contribution in [0.4, 0.5) is 5.69 Å². The van der Waals surface area contributed by atoms with E-state index in [0.717, 1.165) is 17.8 Å². The molecule has 0 atom stereocenters. The number of nitrogens with zero attached hydrogens (tertiary/aromatic N) is 2. The van der Waals surface area contributed by atoms with E-state index >= 15 is 0 Å². The predicted octanol–water partition coefficient (Wildman–Crippen LogP) is 3.11. The predicted molar refractivity (Wildman–Crippen MR) is 60.4 cm³/mol. The van der Waals surface area contributed by atoms with E-state index in [-0.39, 0.29) is 0 Å². The first-order valence-electron chi connectivity index (χ1n) is 4.62. The summed E-state index contributed by atoms with van der Waals surface area (Å²) in [5.74, 6) is 0. The van der Waals surface area contributed by atoms with E-state index < -0.39 is 5.00 Å². The molecule has 0 unspecified atom stereocenters. The summed E-state index contributed by atoms with van der Waals surface area (Å²) in [5.41, 5.74) is 1.92. The average Bonchev–Trinajstić information content (AvgIpc) is 2.54. The third kappa shape index (κ3) is 2.29. The molecule has 1 heterocycles. The number of aromatic nitrogens is 2. The van der Waals surface area contributed by atoms with E-state index in [1.165, 1.54) is 0 Å². The second kappa shape index (κ2) is 4.05. The smallest absolute Gasteiger partial charge is 0.113 e. The van der Waals surface area contributed by atoms with Gasteiger partial charge in [0.05, 0.1) is 11.9 Å².